The lowest BCUT2D eigenvalue weighted by Gasteiger charge is -2.46. The quantitative estimate of drug-likeness (QED) is 0.855. The van der Waals surface area contributed by atoms with Gasteiger partial charge in [0.2, 0.25) is 0 Å². The first kappa shape index (κ1) is 18.9. The molecule has 1 N–H and O–H groups in total. The number of hydrogen-bond acceptors (Lipinski definition) is 5. The number of ether oxygens (including phenoxy) is 2. The lowest BCUT2D eigenvalue weighted by Crippen LogP contribution is -2.52. The monoisotopic (exact) mass is 389 g/mol. The van der Waals surface area contributed by atoms with Gasteiger partial charge in [-0.05, 0) is 58.8 Å². The highest BCUT2D eigenvalue weighted by atomic mass is 16.5. The van der Waals surface area contributed by atoms with Crippen molar-refractivity contribution in [1.29, 1.82) is 0 Å². The van der Waals surface area contributed by atoms with Crippen LogP contribution in [0.5, 0.6) is 5.75 Å². The number of fused-ring (bicyclic) bond motifs is 1. The molecule has 2 atom stereocenters. The van der Waals surface area contributed by atoms with E-state index in [4.69, 9.17) is 9.47 Å². The van der Waals surface area contributed by atoms with E-state index in [2.05, 4.69) is 23.8 Å². The number of aromatic nitrogens is 2. The van der Waals surface area contributed by atoms with Gasteiger partial charge < -0.3 is 19.5 Å². The Hall–Kier alpha value is -1.11. The molecule has 2 saturated heterocycles. The zero-order valence-electron chi connectivity index (χ0n) is 17.4. The van der Waals surface area contributed by atoms with Crippen LogP contribution in [0.2, 0.25) is 0 Å². The molecule has 1 aromatic heterocycles. The first-order valence-corrected chi connectivity index (χ1v) is 11.3. The lowest BCUT2D eigenvalue weighted by molar-refractivity contribution is -0.0708. The van der Waals surface area contributed by atoms with Crippen LogP contribution in [0.25, 0.3) is 0 Å². The molecule has 4 aliphatic rings. The van der Waals surface area contributed by atoms with Gasteiger partial charge in [-0.15, -0.1) is 0 Å². The molecule has 1 spiro atoms. The molecular weight excluding hydrogens is 354 g/mol. The van der Waals surface area contributed by atoms with Gasteiger partial charge in [-0.1, -0.05) is 0 Å². The summed E-state index contributed by atoms with van der Waals surface area (Å²) in [4.78, 5) is 2.62. The molecule has 4 heterocycles. The zero-order chi connectivity index (χ0) is 19.4. The van der Waals surface area contributed by atoms with Gasteiger partial charge in [-0.3, -0.25) is 4.68 Å². The largest absolute Gasteiger partial charge is 0.483 e. The number of hydrogen-bond donors (Lipinski definition) is 1. The molecule has 3 aliphatic heterocycles. The summed E-state index contributed by atoms with van der Waals surface area (Å²) >= 11 is 0. The Morgan fingerprint density at radius 3 is 2.64 bits per heavy atom. The maximum absolute atomic E-state index is 10.7. The Bertz CT molecular complexity index is 698. The highest BCUT2D eigenvalue weighted by Gasteiger charge is 2.52. The highest BCUT2D eigenvalue weighted by molar-refractivity contribution is 5.31. The minimum Gasteiger partial charge on any atom is -0.483 e. The van der Waals surface area contributed by atoms with Crippen LogP contribution in [-0.2, 0) is 4.74 Å². The second-order valence-corrected chi connectivity index (χ2v) is 9.95. The molecule has 156 valence electrons. The summed E-state index contributed by atoms with van der Waals surface area (Å²) < 4.78 is 14.5. The van der Waals surface area contributed by atoms with Gasteiger partial charge in [-0.25, -0.2) is 0 Å². The smallest absolute Gasteiger partial charge is 0.163 e. The zero-order valence-corrected chi connectivity index (χ0v) is 17.4. The van der Waals surface area contributed by atoms with Crippen molar-refractivity contribution in [2.45, 2.75) is 89.1 Å². The molecule has 3 fully saturated rings. The summed E-state index contributed by atoms with van der Waals surface area (Å²) in [5, 5.41) is 15.3. The van der Waals surface area contributed by atoms with E-state index < -0.39 is 6.10 Å². The number of aliphatic hydroxyl groups excluding tert-OH is 1. The van der Waals surface area contributed by atoms with E-state index in [9.17, 15) is 5.11 Å². The van der Waals surface area contributed by atoms with Crippen LogP contribution in [0.4, 0.5) is 0 Å². The van der Waals surface area contributed by atoms with Gasteiger partial charge in [0.1, 0.15) is 17.4 Å². The Labute approximate surface area is 168 Å². The molecule has 6 heteroatoms. The molecule has 1 saturated carbocycles. The van der Waals surface area contributed by atoms with E-state index in [1.807, 2.05) is 10.9 Å². The normalized spacial score (nSPS) is 31.6. The summed E-state index contributed by atoms with van der Waals surface area (Å²) in [7, 11) is 0. The highest BCUT2D eigenvalue weighted by Crippen LogP contribution is 2.53. The predicted molar refractivity (Wildman–Crippen MR) is 106 cm³/mol. The molecule has 5 rings (SSSR count). The van der Waals surface area contributed by atoms with Crippen LogP contribution in [-0.4, -0.2) is 57.7 Å². The molecule has 0 radical (unpaired) electrons. The molecule has 1 aromatic rings. The fourth-order valence-corrected chi connectivity index (χ4v) is 5.52. The third-order valence-electron chi connectivity index (χ3n) is 7.52. The van der Waals surface area contributed by atoms with Gasteiger partial charge in [0.05, 0.1) is 12.3 Å². The Balaban J connectivity index is 1.22. The van der Waals surface area contributed by atoms with E-state index in [0.29, 0.717) is 23.6 Å². The van der Waals surface area contributed by atoms with Gasteiger partial charge in [0.25, 0.3) is 0 Å². The second-order valence-electron chi connectivity index (χ2n) is 9.95. The molecule has 28 heavy (non-hydrogen) atoms. The van der Waals surface area contributed by atoms with Crippen LogP contribution < -0.4 is 4.74 Å². The van der Waals surface area contributed by atoms with Crippen LogP contribution in [0.15, 0.2) is 6.20 Å². The lowest BCUT2D eigenvalue weighted by atomic mass is 9.82. The van der Waals surface area contributed by atoms with Gasteiger partial charge >= 0.3 is 0 Å². The molecule has 0 aromatic carbocycles. The van der Waals surface area contributed by atoms with E-state index in [0.717, 1.165) is 38.3 Å². The van der Waals surface area contributed by atoms with E-state index in [1.165, 1.54) is 38.6 Å². The summed E-state index contributed by atoms with van der Waals surface area (Å²) in [6, 6.07) is 0.274. The molecule has 1 aliphatic carbocycles. The van der Waals surface area contributed by atoms with Crippen molar-refractivity contribution in [2.24, 2.45) is 5.41 Å². The van der Waals surface area contributed by atoms with Gasteiger partial charge in [0.15, 0.2) is 5.75 Å². The van der Waals surface area contributed by atoms with E-state index in [-0.39, 0.29) is 11.6 Å². The molecular formula is C22H35N3O3. The Morgan fingerprint density at radius 2 is 2.00 bits per heavy atom. The number of rotatable bonds is 4. The first-order valence-electron chi connectivity index (χ1n) is 11.3. The van der Waals surface area contributed by atoms with Crippen LogP contribution in [0.1, 0.15) is 83.1 Å². The minimum atomic E-state index is -0.513. The van der Waals surface area contributed by atoms with Crippen molar-refractivity contribution < 1.29 is 14.6 Å². The third-order valence-corrected chi connectivity index (χ3v) is 7.52. The second kappa shape index (κ2) is 6.99. The topological polar surface area (TPSA) is 59.8 Å². The van der Waals surface area contributed by atoms with Gasteiger partial charge in [-0.2, -0.15) is 5.10 Å². The molecule has 6 nitrogen and oxygen atoms in total. The Morgan fingerprint density at radius 1 is 1.21 bits per heavy atom. The summed E-state index contributed by atoms with van der Waals surface area (Å²) in [5.41, 5.74) is 0.906. The van der Waals surface area contributed by atoms with Gasteiger partial charge in [0, 0.05) is 44.1 Å². The minimum absolute atomic E-state index is 0.230. The van der Waals surface area contributed by atoms with Crippen molar-refractivity contribution in [1.82, 2.24) is 14.7 Å². The average molecular weight is 390 g/mol. The molecule has 0 bridgehead atoms. The number of nitrogens with zero attached hydrogens (tertiary/aromatic N) is 3. The number of likely N-dealkylation sites (tertiary alicyclic amines) is 1. The van der Waals surface area contributed by atoms with E-state index in [1.54, 1.807) is 0 Å². The summed E-state index contributed by atoms with van der Waals surface area (Å²) in [6.07, 6.45) is 11.0. The standard InChI is InChI=1S/C22H35N3O3/c1-16(2)25-14-18-20(23-25)17(26)13-22(28-18)8-10-24(11-9-22)15-21(6-7-21)19-5-3-4-12-27-19/h14,16-17,19,26H,3-13,15H2,1-2H3. The van der Waals surface area contributed by atoms with Crippen molar-refractivity contribution >= 4 is 0 Å². The Kier molecular flexibility index (Phi) is 4.72. The maximum Gasteiger partial charge on any atom is 0.163 e. The van der Waals surface area contributed by atoms with Crippen molar-refractivity contribution in [3.63, 3.8) is 0 Å². The number of piperidine rings is 1. The summed E-state index contributed by atoms with van der Waals surface area (Å²) in [5.74, 6) is 0.787. The molecule has 0 amide bonds. The number of aliphatic hydroxyl groups is 1. The van der Waals surface area contributed by atoms with Crippen molar-refractivity contribution in [3.05, 3.63) is 11.9 Å². The van der Waals surface area contributed by atoms with Crippen LogP contribution in [0.3, 0.4) is 0 Å². The molecule has 2 unspecified atom stereocenters. The van der Waals surface area contributed by atoms with Crippen LogP contribution >= 0.6 is 0 Å². The van der Waals surface area contributed by atoms with Crippen molar-refractivity contribution in [2.75, 3.05) is 26.2 Å². The first-order chi connectivity index (χ1) is 13.5. The van der Waals surface area contributed by atoms with Crippen molar-refractivity contribution in [3.8, 4) is 5.75 Å². The predicted octanol–water partition coefficient (Wildman–Crippen LogP) is 3.46. The van der Waals surface area contributed by atoms with Crippen LogP contribution in [0, 0.1) is 5.41 Å². The fraction of sp³-hybridized carbons (Fsp3) is 0.864. The fourth-order valence-electron chi connectivity index (χ4n) is 5.52. The third kappa shape index (κ3) is 3.37. The SMILES string of the molecule is CC(C)n1cc2c(n1)C(O)CC1(CCN(CC3(C4CCCCO4)CC3)CC1)O2. The maximum atomic E-state index is 10.7. The summed E-state index contributed by atoms with van der Waals surface area (Å²) in [6.45, 7) is 8.43. The average Bonchev–Trinajstić information content (AvgIpc) is 3.34. The van der Waals surface area contributed by atoms with E-state index >= 15 is 0 Å².